The second kappa shape index (κ2) is 6.28. The number of carbonyl (C=O) groups is 1. The molecule has 0 heterocycles. The Morgan fingerprint density at radius 1 is 1.22 bits per heavy atom. The lowest BCUT2D eigenvalue weighted by atomic mass is 9.93. The minimum atomic E-state index is -0.792. The monoisotopic (exact) mass is 252 g/mol. The van der Waals surface area contributed by atoms with Gasteiger partial charge >= 0.3 is 5.97 Å². The number of hydrogen-bond donors (Lipinski definition) is 1. The van der Waals surface area contributed by atoms with E-state index in [1.807, 2.05) is 12.1 Å². The molecule has 0 amide bonds. The van der Waals surface area contributed by atoms with Gasteiger partial charge in [-0.25, -0.2) is 0 Å². The standard InChI is InChI=1S/C14H20O4/c1-9(2)11-8-13(18-4)12(17-3)7-10(11)5-6-14(15)16/h7-9H,5-6H2,1-4H3,(H,15,16). The molecule has 0 bridgehead atoms. The number of aryl methyl sites for hydroxylation is 1. The zero-order valence-electron chi connectivity index (χ0n) is 11.3. The molecule has 0 aliphatic carbocycles. The van der Waals surface area contributed by atoms with Gasteiger partial charge in [0.05, 0.1) is 14.2 Å². The van der Waals surface area contributed by atoms with Crippen LogP contribution in [-0.2, 0) is 11.2 Å². The first-order valence-corrected chi connectivity index (χ1v) is 5.96. The zero-order chi connectivity index (χ0) is 13.7. The van der Waals surface area contributed by atoms with Gasteiger partial charge in [0, 0.05) is 6.42 Å². The van der Waals surface area contributed by atoms with Crippen molar-refractivity contribution in [3.05, 3.63) is 23.3 Å². The fourth-order valence-electron chi connectivity index (χ4n) is 1.93. The summed E-state index contributed by atoms with van der Waals surface area (Å²) in [6.07, 6.45) is 0.623. The number of hydrogen-bond acceptors (Lipinski definition) is 3. The van der Waals surface area contributed by atoms with Crippen LogP contribution in [0.1, 0.15) is 37.3 Å². The quantitative estimate of drug-likeness (QED) is 0.845. The van der Waals surface area contributed by atoms with E-state index in [-0.39, 0.29) is 6.42 Å². The summed E-state index contributed by atoms with van der Waals surface area (Å²) in [4.78, 5) is 10.7. The van der Waals surface area contributed by atoms with E-state index in [1.165, 1.54) is 0 Å². The molecule has 100 valence electrons. The van der Waals surface area contributed by atoms with Crippen LogP contribution in [0.2, 0.25) is 0 Å². The van der Waals surface area contributed by atoms with Crippen molar-refractivity contribution in [2.45, 2.75) is 32.6 Å². The molecule has 0 saturated carbocycles. The molecule has 0 fully saturated rings. The minimum absolute atomic E-state index is 0.120. The van der Waals surface area contributed by atoms with Crippen molar-refractivity contribution in [3.8, 4) is 11.5 Å². The summed E-state index contributed by atoms with van der Waals surface area (Å²) in [5.74, 6) is 0.843. The number of methoxy groups -OCH3 is 2. The summed E-state index contributed by atoms with van der Waals surface area (Å²) in [5, 5.41) is 8.78. The number of aliphatic carboxylic acids is 1. The maximum absolute atomic E-state index is 10.7. The smallest absolute Gasteiger partial charge is 0.303 e. The van der Waals surface area contributed by atoms with Crippen LogP contribution in [0.15, 0.2) is 12.1 Å². The van der Waals surface area contributed by atoms with E-state index in [0.717, 1.165) is 11.1 Å². The van der Waals surface area contributed by atoms with E-state index in [9.17, 15) is 4.79 Å². The van der Waals surface area contributed by atoms with Crippen LogP contribution in [0.4, 0.5) is 0 Å². The maximum Gasteiger partial charge on any atom is 0.303 e. The van der Waals surface area contributed by atoms with Gasteiger partial charge in [-0.1, -0.05) is 13.8 Å². The molecule has 1 N–H and O–H groups in total. The van der Waals surface area contributed by atoms with E-state index in [2.05, 4.69) is 13.8 Å². The first-order valence-electron chi connectivity index (χ1n) is 5.96. The van der Waals surface area contributed by atoms with Crippen molar-refractivity contribution >= 4 is 5.97 Å². The molecule has 0 unspecified atom stereocenters. The van der Waals surface area contributed by atoms with Crippen molar-refractivity contribution in [1.82, 2.24) is 0 Å². The normalized spacial score (nSPS) is 10.5. The molecule has 0 saturated heterocycles. The third-order valence-corrected chi connectivity index (χ3v) is 2.88. The number of benzene rings is 1. The van der Waals surface area contributed by atoms with E-state index < -0.39 is 5.97 Å². The topological polar surface area (TPSA) is 55.8 Å². The average Bonchev–Trinajstić information content (AvgIpc) is 2.34. The lowest BCUT2D eigenvalue weighted by Gasteiger charge is -2.16. The molecular weight excluding hydrogens is 232 g/mol. The Morgan fingerprint density at radius 3 is 2.22 bits per heavy atom. The largest absolute Gasteiger partial charge is 0.493 e. The van der Waals surface area contributed by atoms with Gasteiger partial charge in [-0.3, -0.25) is 4.79 Å². The minimum Gasteiger partial charge on any atom is -0.493 e. The maximum atomic E-state index is 10.7. The third-order valence-electron chi connectivity index (χ3n) is 2.88. The summed E-state index contributed by atoms with van der Waals surface area (Å²) in [6, 6.07) is 3.80. The van der Waals surface area contributed by atoms with Gasteiger partial charge in [0.15, 0.2) is 11.5 Å². The van der Waals surface area contributed by atoms with Crippen LogP contribution < -0.4 is 9.47 Å². The summed E-state index contributed by atoms with van der Waals surface area (Å²) >= 11 is 0. The lowest BCUT2D eigenvalue weighted by Crippen LogP contribution is -2.03. The van der Waals surface area contributed by atoms with Crippen molar-refractivity contribution < 1.29 is 19.4 Å². The Hall–Kier alpha value is -1.71. The van der Waals surface area contributed by atoms with Crippen molar-refractivity contribution in [3.63, 3.8) is 0 Å². The summed E-state index contributed by atoms with van der Waals surface area (Å²) in [6.45, 7) is 4.15. The number of carboxylic acids is 1. The summed E-state index contributed by atoms with van der Waals surface area (Å²) in [7, 11) is 3.17. The summed E-state index contributed by atoms with van der Waals surface area (Å²) in [5.41, 5.74) is 2.11. The molecule has 4 nitrogen and oxygen atoms in total. The number of ether oxygens (including phenoxy) is 2. The molecule has 1 aromatic carbocycles. The van der Waals surface area contributed by atoms with Crippen LogP contribution in [0, 0.1) is 0 Å². The van der Waals surface area contributed by atoms with Crippen molar-refractivity contribution in [2.75, 3.05) is 14.2 Å². The zero-order valence-corrected chi connectivity index (χ0v) is 11.3. The second-order valence-corrected chi connectivity index (χ2v) is 4.45. The van der Waals surface area contributed by atoms with E-state index in [1.54, 1.807) is 14.2 Å². The van der Waals surface area contributed by atoms with Crippen LogP contribution in [-0.4, -0.2) is 25.3 Å². The van der Waals surface area contributed by atoms with E-state index >= 15 is 0 Å². The van der Waals surface area contributed by atoms with Crippen molar-refractivity contribution in [1.29, 1.82) is 0 Å². The lowest BCUT2D eigenvalue weighted by molar-refractivity contribution is -0.136. The molecule has 18 heavy (non-hydrogen) atoms. The molecule has 0 aliphatic rings. The number of rotatable bonds is 6. The molecule has 1 aromatic rings. The Bertz CT molecular complexity index is 424. The Kier molecular flexibility index (Phi) is 5.01. The van der Waals surface area contributed by atoms with Gasteiger partial charge in [0.1, 0.15) is 0 Å². The Balaban J connectivity index is 3.15. The molecule has 0 aromatic heterocycles. The highest BCUT2D eigenvalue weighted by Gasteiger charge is 2.14. The predicted molar refractivity (Wildman–Crippen MR) is 69.6 cm³/mol. The van der Waals surface area contributed by atoms with Crippen LogP contribution in [0.3, 0.4) is 0 Å². The Morgan fingerprint density at radius 2 is 1.78 bits per heavy atom. The van der Waals surface area contributed by atoms with Crippen molar-refractivity contribution in [2.24, 2.45) is 0 Å². The first kappa shape index (κ1) is 14.4. The molecule has 1 rings (SSSR count). The number of carboxylic acid groups (broad SMARTS) is 1. The fraction of sp³-hybridized carbons (Fsp3) is 0.500. The summed E-state index contributed by atoms with van der Waals surface area (Å²) < 4.78 is 10.5. The first-order chi connectivity index (χ1) is 8.49. The van der Waals surface area contributed by atoms with E-state index in [0.29, 0.717) is 23.8 Å². The highest BCUT2D eigenvalue weighted by Crippen LogP contribution is 2.34. The SMILES string of the molecule is COc1cc(CCC(=O)O)c(C(C)C)cc1OC. The van der Waals surface area contributed by atoms with Gasteiger partial charge in [0.25, 0.3) is 0 Å². The van der Waals surface area contributed by atoms with Gasteiger partial charge in [-0.2, -0.15) is 0 Å². The highest BCUT2D eigenvalue weighted by atomic mass is 16.5. The van der Waals surface area contributed by atoms with E-state index in [4.69, 9.17) is 14.6 Å². The highest BCUT2D eigenvalue weighted by molar-refractivity contribution is 5.67. The second-order valence-electron chi connectivity index (χ2n) is 4.45. The van der Waals surface area contributed by atoms with Gasteiger partial charge in [-0.05, 0) is 35.6 Å². The van der Waals surface area contributed by atoms with Crippen LogP contribution in [0.5, 0.6) is 11.5 Å². The molecule has 0 spiro atoms. The van der Waals surface area contributed by atoms with Gasteiger partial charge < -0.3 is 14.6 Å². The van der Waals surface area contributed by atoms with Crippen LogP contribution >= 0.6 is 0 Å². The molecular formula is C14H20O4. The Labute approximate surface area is 108 Å². The predicted octanol–water partition coefficient (Wildman–Crippen LogP) is 2.84. The fourth-order valence-corrected chi connectivity index (χ4v) is 1.93. The molecule has 4 heteroatoms. The van der Waals surface area contributed by atoms with Crippen LogP contribution in [0.25, 0.3) is 0 Å². The molecule has 0 radical (unpaired) electrons. The third kappa shape index (κ3) is 3.39. The molecule has 0 aliphatic heterocycles. The molecule has 0 atom stereocenters. The average molecular weight is 252 g/mol. The van der Waals surface area contributed by atoms with Gasteiger partial charge in [-0.15, -0.1) is 0 Å². The van der Waals surface area contributed by atoms with Gasteiger partial charge in [0.2, 0.25) is 0 Å².